The average molecular weight is 990 g/mol. The van der Waals surface area contributed by atoms with Crippen molar-refractivity contribution in [2.24, 2.45) is 5.92 Å². The van der Waals surface area contributed by atoms with Crippen LogP contribution in [0, 0.1) is 5.92 Å². The lowest BCUT2D eigenvalue weighted by Gasteiger charge is -2.35. The van der Waals surface area contributed by atoms with Crippen LogP contribution in [0.2, 0.25) is 0 Å². The van der Waals surface area contributed by atoms with Crippen molar-refractivity contribution in [3.05, 3.63) is 147 Å². The maximum absolute atomic E-state index is 15.8. The Balaban J connectivity index is 1.21. The van der Waals surface area contributed by atoms with Gasteiger partial charge in [-0.1, -0.05) is 77.0 Å². The smallest absolute Gasteiger partial charge is 0.167 e. The van der Waals surface area contributed by atoms with Gasteiger partial charge in [-0.3, -0.25) is 10.1 Å². The minimum absolute atomic E-state index is 0.00271. The fourth-order valence-corrected chi connectivity index (χ4v) is 14.0. The van der Waals surface area contributed by atoms with E-state index in [1.54, 1.807) is 59.9 Å². The Hall–Kier alpha value is -5.19. The van der Waals surface area contributed by atoms with Crippen molar-refractivity contribution in [1.82, 2.24) is 15.6 Å². The topological polar surface area (TPSA) is 197 Å². The van der Waals surface area contributed by atoms with Crippen molar-refractivity contribution < 1.29 is 44.9 Å². The number of aliphatic hydroxyl groups excluding tert-OH is 2. The Morgan fingerprint density at radius 1 is 0.971 bits per heavy atom. The van der Waals surface area contributed by atoms with Gasteiger partial charge in [0.2, 0.25) is 0 Å². The van der Waals surface area contributed by atoms with Gasteiger partial charge in [0, 0.05) is 67.1 Å². The molecule has 2 aliphatic rings. The standard InChI is InChI=1S/C56H67N3O9S2/c1-5-36-9-10-37-7-6-8-38(17-20-60)51(37)44(36)26-45-39(11-13-46(62)53(45)67-4)24-41(21-34-16-19-58-30-34)48(64)27-50(65)56(42-22-35(29-57-3)23-43(61)25-42)18-15-49-52-40(28-56)12-14-47(63)54(52)68-33-59-31-55(2,66)32-69-70-49/h6-14,16,19,22-23,25,30,41,48-49,57-64,66H,5,15,17-18,20-21,24,26-29,31-33H2,1-4H3/t41-,48+,49+,55+,56-/m0/s1. The summed E-state index contributed by atoms with van der Waals surface area (Å²) in [6, 6.07) is 24.7. The summed E-state index contributed by atoms with van der Waals surface area (Å²) in [6.07, 6.45) is 5.99. The van der Waals surface area contributed by atoms with Crippen LogP contribution in [0.15, 0.2) is 91.3 Å². The molecule has 0 unspecified atom stereocenters. The van der Waals surface area contributed by atoms with Crippen LogP contribution in [0.5, 0.6) is 28.7 Å². The number of hydrogen-bond donors (Lipinski definition) is 9. The van der Waals surface area contributed by atoms with E-state index in [-0.39, 0.29) is 54.5 Å². The number of aryl methyl sites for hydroxylation is 1. The molecule has 12 nitrogen and oxygen atoms in total. The molecule has 1 aromatic heterocycles. The van der Waals surface area contributed by atoms with Crippen molar-refractivity contribution in [3.63, 3.8) is 0 Å². The van der Waals surface area contributed by atoms with E-state index >= 15 is 4.79 Å². The van der Waals surface area contributed by atoms with Gasteiger partial charge in [0.05, 0.1) is 24.2 Å². The van der Waals surface area contributed by atoms with Gasteiger partial charge < -0.3 is 50.4 Å². The molecule has 0 saturated heterocycles. The Morgan fingerprint density at radius 2 is 1.79 bits per heavy atom. The van der Waals surface area contributed by atoms with E-state index in [0.29, 0.717) is 74.4 Å². The molecule has 8 rings (SSSR count). The molecule has 0 amide bonds. The Labute approximate surface area is 418 Å². The summed E-state index contributed by atoms with van der Waals surface area (Å²) in [5.74, 6) is 0.501. The third-order valence-corrected chi connectivity index (χ3v) is 17.3. The van der Waals surface area contributed by atoms with Gasteiger partial charge in [0.15, 0.2) is 23.0 Å². The second-order valence-corrected chi connectivity index (χ2v) is 21.9. The fourth-order valence-electron chi connectivity index (χ4n) is 10.8. The lowest BCUT2D eigenvalue weighted by molar-refractivity contribution is -0.127. The lowest BCUT2D eigenvalue weighted by Crippen LogP contribution is -2.41. The monoisotopic (exact) mass is 989 g/mol. The highest BCUT2D eigenvalue weighted by Crippen LogP contribution is 2.55. The SMILES string of the molecule is CCc1ccc2cccc(CCO)c2c1Cc1c(C[C@H](Cc2cc[nH]c2)[C@H](O)CC(=O)[C@@]2(c3cc(O)cc(CNC)c3)CC[C@H]3SSC[C@](C)(O)CNCOc4c(O)ccc(c43)C2)ccc(O)c1OC. The number of aromatic amines is 1. The highest BCUT2D eigenvalue weighted by Gasteiger charge is 2.46. The molecule has 6 aromatic rings. The molecule has 0 spiro atoms. The van der Waals surface area contributed by atoms with E-state index in [4.69, 9.17) is 9.47 Å². The molecule has 0 bridgehead atoms. The number of phenols is 3. The number of hydrogen-bond acceptors (Lipinski definition) is 13. The summed E-state index contributed by atoms with van der Waals surface area (Å²) in [5.41, 5.74) is 6.73. The summed E-state index contributed by atoms with van der Waals surface area (Å²) in [7, 11) is 6.52. The lowest BCUT2D eigenvalue weighted by atomic mass is 9.68. The summed E-state index contributed by atoms with van der Waals surface area (Å²) >= 11 is 0. The third-order valence-electron chi connectivity index (χ3n) is 14.3. The molecular formula is C56H67N3O9S2. The summed E-state index contributed by atoms with van der Waals surface area (Å²) in [5, 5.41) is 76.2. The molecule has 2 heterocycles. The van der Waals surface area contributed by atoms with E-state index in [1.807, 2.05) is 49.8 Å². The van der Waals surface area contributed by atoms with Crippen LogP contribution in [0.3, 0.4) is 0 Å². The molecule has 5 aromatic carbocycles. The number of phenolic OH excluding ortho intramolecular Hbond substituents is 3. The number of H-pyrrole nitrogens is 1. The second kappa shape index (κ2) is 22.5. The highest BCUT2D eigenvalue weighted by atomic mass is 33.1. The van der Waals surface area contributed by atoms with Crippen LogP contribution in [0.1, 0.15) is 94.0 Å². The number of fused-ring (bicyclic) bond motifs is 1. The van der Waals surface area contributed by atoms with Crippen LogP contribution in [0.4, 0.5) is 0 Å². The fraction of sp³-hybridized carbons (Fsp3) is 0.411. The largest absolute Gasteiger partial charge is 0.508 e. The van der Waals surface area contributed by atoms with E-state index in [1.165, 1.54) is 0 Å². The maximum atomic E-state index is 15.8. The summed E-state index contributed by atoms with van der Waals surface area (Å²) in [4.78, 5) is 19.0. The minimum Gasteiger partial charge on any atom is -0.508 e. The highest BCUT2D eigenvalue weighted by molar-refractivity contribution is 8.76. The number of carbonyl (C=O) groups is 1. The molecule has 372 valence electrons. The first-order valence-corrected chi connectivity index (χ1v) is 26.7. The van der Waals surface area contributed by atoms with Crippen LogP contribution in [-0.2, 0) is 55.3 Å². The third kappa shape index (κ3) is 11.1. The number of aliphatic hydroxyl groups is 3. The Morgan fingerprint density at radius 3 is 2.54 bits per heavy atom. The Bertz CT molecular complexity index is 2780. The zero-order chi connectivity index (χ0) is 49.6. The van der Waals surface area contributed by atoms with Crippen molar-refractivity contribution in [2.45, 2.75) is 101 Å². The quantitative estimate of drug-likeness (QED) is 0.0395. The molecule has 0 radical (unpaired) electrons. The van der Waals surface area contributed by atoms with Crippen molar-refractivity contribution >= 4 is 38.1 Å². The average Bonchev–Trinajstić information content (AvgIpc) is 3.78. The van der Waals surface area contributed by atoms with Gasteiger partial charge in [-0.15, -0.1) is 0 Å². The second-order valence-electron chi connectivity index (χ2n) is 19.3. The summed E-state index contributed by atoms with van der Waals surface area (Å²) < 4.78 is 12.3. The number of β-amino-alcohol motifs (C(OH)–C–C–N with tert-alkyl or cyclic N) is 1. The number of carbonyl (C=O) groups excluding carboxylic acids is 1. The number of aromatic nitrogens is 1. The first-order valence-electron chi connectivity index (χ1n) is 24.3. The van der Waals surface area contributed by atoms with Gasteiger partial charge in [-0.2, -0.15) is 0 Å². The predicted octanol–water partition coefficient (Wildman–Crippen LogP) is 8.51. The van der Waals surface area contributed by atoms with Gasteiger partial charge in [0.25, 0.3) is 0 Å². The van der Waals surface area contributed by atoms with Gasteiger partial charge >= 0.3 is 0 Å². The normalized spacial score (nSPS) is 20.4. The number of ketones is 1. The molecule has 9 N–H and O–H groups in total. The zero-order valence-electron chi connectivity index (χ0n) is 40.5. The van der Waals surface area contributed by atoms with Gasteiger partial charge in [-0.05, 0) is 150 Å². The van der Waals surface area contributed by atoms with Crippen molar-refractivity contribution in [3.8, 4) is 28.7 Å². The molecule has 14 heteroatoms. The molecule has 0 fully saturated rings. The van der Waals surface area contributed by atoms with E-state index < -0.39 is 23.0 Å². The molecule has 5 atom stereocenters. The first-order chi connectivity index (χ1) is 33.8. The first kappa shape index (κ1) is 51.2. The van der Waals surface area contributed by atoms with E-state index in [0.717, 1.165) is 67.3 Å². The molecule has 1 aliphatic heterocycles. The van der Waals surface area contributed by atoms with E-state index in [9.17, 15) is 30.6 Å². The van der Waals surface area contributed by atoms with Crippen molar-refractivity contribution in [2.75, 3.05) is 39.8 Å². The summed E-state index contributed by atoms with van der Waals surface area (Å²) in [6.45, 7) is 4.72. The zero-order valence-corrected chi connectivity index (χ0v) is 42.1. The Kier molecular flexibility index (Phi) is 16.4. The van der Waals surface area contributed by atoms with Crippen molar-refractivity contribution in [1.29, 1.82) is 0 Å². The van der Waals surface area contributed by atoms with Gasteiger partial charge in [0.1, 0.15) is 18.3 Å². The number of aromatic hydroxyl groups is 3. The van der Waals surface area contributed by atoms with Crippen LogP contribution < -0.4 is 20.1 Å². The number of rotatable bonds is 17. The number of methoxy groups -OCH3 is 1. The minimum atomic E-state index is -1.21. The number of nitrogens with one attached hydrogen (secondary N) is 3. The van der Waals surface area contributed by atoms with Crippen LogP contribution >= 0.6 is 21.6 Å². The van der Waals surface area contributed by atoms with E-state index in [2.05, 4.69) is 46.8 Å². The number of Topliss-reactive ketones (excluding diaryl/α,β-unsaturated/α-hetero) is 1. The molecule has 70 heavy (non-hydrogen) atoms. The van der Waals surface area contributed by atoms with Crippen LogP contribution in [0.25, 0.3) is 10.8 Å². The molecular weight excluding hydrogens is 923 g/mol. The molecule has 1 aliphatic carbocycles. The predicted molar refractivity (Wildman–Crippen MR) is 279 cm³/mol. The maximum Gasteiger partial charge on any atom is 0.167 e. The van der Waals surface area contributed by atoms with Crippen LogP contribution in [-0.4, -0.2) is 92.9 Å². The number of benzene rings is 5. The molecule has 0 saturated carbocycles. The number of ether oxygens (including phenoxy) is 2. The van der Waals surface area contributed by atoms with Gasteiger partial charge in [-0.25, -0.2) is 0 Å².